The molecule has 1 saturated carbocycles. The molecule has 6 nitrogen and oxygen atoms in total. The molecule has 3 heterocycles. The quantitative estimate of drug-likeness (QED) is 0.433. The fraction of sp³-hybridized carbons (Fsp3) is 0.519. The fourth-order valence-corrected chi connectivity index (χ4v) is 6.17. The van der Waals surface area contributed by atoms with E-state index in [1.165, 1.54) is 17.7 Å². The van der Waals surface area contributed by atoms with Crippen molar-refractivity contribution in [3.63, 3.8) is 0 Å². The van der Waals surface area contributed by atoms with Crippen LogP contribution < -0.4 is 15.0 Å². The van der Waals surface area contributed by atoms with E-state index in [9.17, 15) is 4.79 Å². The minimum atomic E-state index is 0.0430. The monoisotopic (exact) mass is 482 g/mol. The highest BCUT2D eigenvalue weighted by Crippen LogP contribution is 2.39. The number of fused-ring (bicyclic) bond motifs is 1. The van der Waals surface area contributed by atoms with Crippen LogP contribution in [0.4, 0.5) is 0 Å². The largest absolute Gasteiger partial charge is 0.493 e. The van der Waals surface area contributed by atoms with Crippen LogP contribution in [0.3, 0.4) is 0 Å². The van der Waals surface area contributed by atoms with Gasteiger partial charge in [0.05, 0.1) is 26.2 Å². The summed E-state index contributed by atoms with van der Waals surface area (Å²) in [7, 11) is 5.09. The van der Waals surface area contributed by atoms with Crippen molar-refractivity contribution in [2.24, 2.45) is 18.4 Å². The zero-order chi connectivity index (χ0) is 23.9. The Balaban J connectivity index is 1.39. The summed E-state index contributed by atoms with van der Waals surface area (Å²) < 4.78 is 19.7. The van der Waals surface area contributed by atoms with E-state index in [0.717, 1.165) is 66.4 Å². The van der Waals surface area contributed by atoms with Gasteiger partial charge in [0.2, 0.25) is 0 Å². The highest BCUT2D eigenvalue weighted by atomic mass is 32.1. The molecule has 1 atom stereocenters. The maximum Gasteiger partial charge on any atom is 0.259 e. The van der Waals surface area contributed by atoms with Gasteiger partial charge in [-0.05, 0) is 55.5 Å². The van der Waals surface area contributed by atoms with Crippen LogP contribution in [0.2, 0.25) is 0 Å². The Hall–Kier alpha value is -2.35. The highest BCUT2D eigenvalue weighted by molar-refractivity contribution is 7.19. The topological polar surface area (TPSA) is 52.9 Å². The number of hydrogen-bond acceptors (Lipinski definition) is 6. The van der Waals surface area contributed by atoms with E-state index in [4.69, 9.17) is 14.2 Å². The molecular weight excluding hydrogens is 448 g/mol. The Kier molecular flexibility index (Phi) is 6.44. The lowest BCUT2D eigenvalue weighted by molar-refractivity contribution is 0.0505. The Morgan fingerprint density at radius 2 is 1.94 bits per heavy atom. The lowest BCUT2D eigenvalue weighted by Crippen LogP contribution is -2.28. The van der Waals surface area contributed by atoms with Gasteiger partial charge in [-0.3, -0.25) is 9.69 Å². The third-order valence-electron chi connectivity index (χ3n) is 7.11. The van der Waals surface area contributed by atoms with Crippen LogP contribution in [0.15, 0.2) is 35.3 Å². The van der Waals surface area contributed by atoms with Crippen molar-refractivity contribution in [3.8, 4) is 22.6 Å². The Labute approximate surface area is 205 Å². The molecule has 0 amide bonds. The fourth-order valence-electron chi connectivity index (χ4n) is 4.94. The van der Waals surface area contributed by atoms with Gasteiger partial charge in [-0.1, -0.05) is 13.0 Å². The molecule has 1 saturated heterocycles. The number of likely N-dealkylation sites (tertiary alicyclic amines) is 1. The molecule has 0 bridgehead atoms. The molecule has 2 aliphatic rings. The summed E-state index contributed by atoms with van der Waals surface area (Å²) in [6.07, 6.45) is 5.75. The summed E-state index contributed by atoms with van der Waals surface area (Å²) in [5.41, 5.74) is 2.30. The van der Waals surface area contributed by atoms with Crippen molar-refractivity contribution in [1.29, 1.82) is 0 Å². The van der Waals surface area contributed by atoms with Crippen LogP contribution in [-0.2, 0) is 18.3 Å². The molecule has 2 fully saturated rings. The maximum absolute atomic E-state index is 13.0. The molecule has 0 radical (unpaired) electrons. The van der Waals surface area contributed by atoms with Gasteiger partial charge in [-0.15, -0.1) is 11.3 Å². The second kappa shape index (κ2) is 9.36. The predicted octanol–water partition coefficient (Wildman–Crippen LogP) is 4.92. The molecule has 0 N–H and O–H groups in total. The van der Waals surface area contributed by atoms with Crippen LogP contribution in [0.5, 0.6) is 11.5 Å². The first-order chi connectivity index (χ1) is 16.4. The molecule has 0 spiro atoms. The highest BCUT2D eigenvalue weighted by Gasteiger charge is 2.35. The smallest absolute Gasteiger partial charge is 0.259 e. The van der Waals surface area contributed by atoms with Crippen molar-refractivity contribution in [2.45, 2.75) is 32.7 Å². The van der Waals surface area contributed by atoms with Crippen molar-refractivity contribution in [1.82, 2.24) is 9.47 Å². The standard InChI is InChI=1S/C27H34N2O4S/c1-27(17-33-15-18-5-6-18)9-10-29(16-27)13-20-12-21-25(34-20)22(14-28(2)26(21)30)19-7-8-23(31-3)24(11-19)32-4/h7-8,11-12,14,18H,5-6,9-10,13,15-17H2,1-4H3. The normalized spacial score (nSPS) is 20.8. The number of methoxy groups -OCH3 is 2. The van der Waals surface area contributed by atoms with Gasteiger partial charge in [0.1, 0.15) is 0 Å². The summed E-state index contributed by atoms with van der Waals surface area (Å²) in [5, 5.41) is 0.782. The van der Waals surface area contributed by atoms with Crippen molar-refractivity contribution in [3.05, 3.63) is 45.7 Å². The number of benzene rings is 1. The number of ether oxygens (including phenoxy) is 3. The van der Waals surface area contributed by atoms with Crippen molar-refractivity contribution in [2.75, 3.05) is 40.5 Å². The van der Waals surface area contributed by atoms with Crippen LogP contribution in [-0.4, -0.2) is 50.0 Å². The van der Waals surface area contributed by atoms with Gasteiger partial charge in [0.25, 0.3) is 5.56 Å². The van der Waals surface area contributed by atoms with Gasteiger partial charge in [0, 0.05) is 53.5 Å². The third-order valence-corrected chi connectivity index (χ3v) is 8.27. The molecule has 34 heavy (non-hydrogen) atoms. The number of pyridine rings is 1. The van der Waals surface area contributed by atoms with E-state index in [0.29, 0.717) is 11.5 Å². The number of hydrogen-bond donors (Lipinski definition) is 0. The molecule has 1 aromatic carbocycles. The Bertz CT molecular complexity index is 1250. The predicted molar refractivity (Wildman–Crippen MR) is 137 cm³/mol. The molecule has 2 aromatic heterocycles. The lowest BCUT2D eigenvalue weighted by Gasteiger charge is -2.24. The maximum atomic E-state index is 13.0. The number of aromatic nitrogens is 1. The summed E-state index contributed by atoms with van der Waals surface area (Å²) in [4.78, 5) is 16.7. The molecule has 5 rings (SSSR count). The Morgan fingerprint density at radius 1 is 1.15 bits per heavy atom. The second-order valence-corrected chi connectivity index (χ2v) is 11.4. The van der Waals surface area contributed by atoms with Crippen molar-refractivity contribution >= 4 is 21.4 Å². The van der Waals surface area contributed by atoms with Gasteiger partial charge in [-0.2, -0.15) is 0 Å². The minimum Gasteiger partial charge on any atom is -0.493 e. The zero-order valence-corrected chi connectivity index (χ0v) is 21.4. The summed E-state index contributed by atoms with van der Waals surface area (Å²) >= 11 is 1.72. The Morgan fingerprint density at radius 3 is 2.68 bits per heavy atom. The van der Waals surface area contributed by atoms with Crippen molar-refractivity contribution < 1.29 is 14.2 Å². The van der Waals surface area contributed by atoms with E-state index in [1.807, 2.05) is 31.4 Å². The minimum absolute atomic E-state index is 0.0430. The van der Waals surface area contributed by atoms with E-state index in [-0.39, 0.29) is 11.0 Å². The lowest BCUT2D eigenvalue weighted by atomic mass is 9.91. The van der Waals surface area contributed by atoms with E-state index in [2.05, 4.69) is 17.9 Å². The molecule has 3 aromatic rings. The number of nitrogens with zero attached hydrogens (tertiary/aromatic N) is 2. The molecule has 1 unspecified atom stereocenters. The summed E-state index contributed by atoms with van der Waals surface area (Å²) in [5.74, 6) is 2.18. The van der Waals surface area contributed by atoms with Crippen LogP contribution >= 0.6 is 11.3 Å². The number of rotatable bonds is 9. The van der Waals surface area contributed by atoms with Crippen LogP contribution in [0.1, 0.15) is 31.1 Å². The number of aryl methyl sites for hydroxylation is 1. The second-order valence-electron chi connectivity index (χ2n) is 10.2. The summed E-state index contributed by atoms with van der Waals surface area (Å²) in [6, 6.07) is 8.00. The van der Waals surface area contributed by atoms with Crippen LogP contribution in [0, 0.1) is 11.3 Å². The molecule has 7 heteroatoms. The van der Waals surface area contributed by atoms with Gasteiger partial charge in [-0.25, -0.2) is 0 Å². The number of thiophene rings is 1. The molecular formula is C27H34N2O4S. The third kappa shape index (κ3) is 4.74. The first-order valence-corrected chi connectivity index (χ1v) is 12.9. The molecule has 1 aliphatic heterocycles. The van der Waals surface area contributed by atoms with Gasteiger partial charge >= 0.3 is 0 Å². The average Bonchev–Trinajstić information content (AvgIpc) is 3.44. The SMILES string of the molecule is COc1ccc(-c2cn(C)c(=O)c3cc(CN4CCC(C)(COCC5CC5)C4)sc23)cc1OC. The first kappa shape index (κ1) is 23.4. The van der Waals surface area contributed by atoms with Gasteiger partial charge in [0.15, 0.2) is 11.5 Å². The van der Waals surface area contributed by atoms with Crippen LogP contribution in [0.25, 0.3) is 21.2 Å². The van der Waals surface area contributed by atoms with E-state index >= 15 is 0 Å². The van der Waals surface area contributed by atoms with E-state index in [1.54, 1.807) is 30.1 Å². The average molecular weight is 483 g/mol. The van der Waals surface area contributed by atoms with E-state index < -0.39 is 0 Å². The molecule has 182 valence electrons. The zero-order valence-electron chi connectivity index (χ0n) is 20.6. The van der Waals surface area contributed by atoms with Gasteiger partial charge < -0.3 is 18.8 Å². The first-order valence-electron chi connectivity index (χ1n) is 12.0. The molecule has 1 aliphatic carbocycles. The summed E-state index contributed by atoms with van der Waals surface area (Å²) in [6.45, 7) is 7.08.